The van der Waals surface area contributed by atoms with Crippen molar-refractivity contribution in [3.8, 4) is 5.75 Å². The fraction of sp³-hybridized carbons (Fsp3) is 0.429. The van der Waals surface area contributed by atoms with E-state index in [0.29, 0.717) is 17.3 Å². The number of carbonyl (C=O) groups is 1. The lowest BCUT2D eigenvalue weighted by Gasteiger charge is -2.31. The van der Waals surface area contributed by atoms with Crippen molar-refractivity contribution in [2.45, 2.75) is 38.8 Å². The Balaban J connectivity index is 0.00000280. The molecule has 0 saturated carbocycles. The van der Waals surface area contributed by atoms with Gasteiger partial charge in [-0.1, -0.05) is 17.7 Å². The Morgan fingerprint density at radius 2 is 2.14 bits per heavy atom. The lowest BCUT2D eigenvalue weighted by atomic mass is 10.1. The summed E-state index contributed by atoms with van der Waals surface area (Å²) in [6.07, 6.45) is 4.76. The van der Waals surface area contributed by atoms with E-state index >= 15 is 0 Å². The van der Waals surface area contributed by atoms with Gasteiger partial charge in [-0.15, -0.1) is 12.4 Å². The van der Waals surface area contributed by atoms with Gasteiger partial charge in [-0.2, -0.15) is 0 Å². The predicted molar refractivity (Wildman–Crippen MR) is 114 cm³/mol. The summed E-state index contributed by atoms with van der Waals surface area (Å²) >= 11 is 6.06. The molecule has 0 bridgehead atoms. The summed E-state index contributed by atoms with van der Waals surface area (Å²) in [6.45, 7) is 4.37. The Kier molecular flexibility index (Phi) is 9.03. The van der Waals surface area contributed by atoms with Gasteiger partial charge in [0.1, 0.15) is 5.75 Å². The van der Waals surface area contributed by atoms with Crippen LogP contribution < -0.4 is 10.1 Å². The van der Waals surface area contributed by atoms with E-state index in [2.05, 4.69) is 10.3 Å². The van der Waals surface area contributed by atoms with Crippen molar-refractivity contribution >= 4 is 29.9 Å². The number of ether oxygens (including phenoxy) is 1. The molecule has 28 heavy (non-hydrogen) atoms. The van der Waals surface area contributed by atoms with Crippen molar-refractivity contribution in [1.82, 2.24) is 15.2 Å². The predicted octanol–water partition coefficient (Wildman–Crippen LogP) is 4.01. The fourth-order valence-corrected chi connectivity index (χ4v) is 3.45. The van der Waals surface area contributed by atoms with E-state index in [1.54, 1.807) is 18.3 Å². The number of nitrogens with one attached hydrogen (secondary N) is 1. The van der Waals surface area contributed by atoms with Gasteiger partial charge in [0.2, 0.25) is 0 Å². The summed E-state index contributed by atoms with van der Waals surface area (Å²) < 4.78 is 5.76. The van der Waals surface area contributed by atoms with Gasteiger partial charge in [-0.3, -0.25) is 9.78 Å². The number of pyridine rings is 1. The van der Waals surface area contributed by atoms with Crippen molar-refractivity contribution in [3.05, 3.63) is 58.9 Å². The highest BCUT2D eigenvalue weighted by Crippen LogP contribution is 2.22. The van der Waals surface area contributed by atoms with Gasteiger partial charge in [0, 0.05) is 17.3 Å². The molecule has 1 fully saturated rings. The molecule has 1 atom stereocenters. The minimum absolute atomic E-state index is 0. The van der Waals surface area contributed by atoms with Crippen LogP contribution in [0.5, 0.6) is 5.75 Å². The highest BCUT2D eigenvalue weighted by Gasteiger charge is 2.25. The number of carbonyl (C=O) groups excluding carboxylic acids is 1. The molecule has 1 aromatic heterocycles. The molecule has 0 aliphatic carbocycles. The molecule has 5 nitrogen and oxygen atoms in total. The zero-order chi connectivity index (χ0) is 19.1. The third-order valence-electron chi connectivity index (χ3n) is 4.86. The number of aromatic nitrogens is 1. The lowest BCUT2D eigenvalue weighted by Crippen LogP contribution is -2.43. The quantitative estimate of drug-likeness (QED) is 0.761. The van der Waals surface area contributed by atoms with E-state index in [9.17, 15) is 4.79 Å². The molecule has 3 rings (SSSR count). The largest absolute Gasteiger partial charge is 0.484 e. The first-order valence-electron chi connectivity index (χ1n) is 9.42. The second-order valence-corrected chi connectivity index (χ2v) is 7.28. The number of aryl methyl sites for hydroxylation is 1. The van der Waals surface area contributed by atoms with E-state index in [-0.39, 0.29) is 31.0 Å². The number of benzene rings is 1. The van der Waals surface area contributed by atoms with Crippen molar-refractivity contribution < 1.29 is 9.53 Å². The lowest BCUT2D eigenvalue weighted by molar-refractivity contribution is -0.136. The van der Waals surface area contributed by atoms with E-state index in [1.807, 2.05) is 36.1 Å². The average molecular weight is 424 g/mol. The Morgan fingerprint density at radius 1 is 1.29 bits per heavy atom. The molecule has 2 aromatic rings. The van der Waals surface area contributed by atoms with Crippen LogP contribution >= 0.6 is 24.0 Å². The molecule has 1 N–H and O–H groups in total. The van der Waals surface area contributed by atoms with Gasteiger partial charge < -0.3 is 15.0 Å². The van der Waals surface area contributed by atoms with Gasteiger partial charge in [-0.05, 0) is 75.2 Å². The number of hydrogen-bond donors (Lipinski definition) is 1. The number of rotatable bonds is 6. The first-order chi connectivity index (χ1) is 13.1. The summed E-state index contributed by atoms with van der Waals surface area (Å²) in [5.74, 6) is 0.644. The maximum Gasteiger partial charge on any atom is 0.261 e. The second kappa shape index (κ2) is 11.2. The number of nitrogens with zero attached hydrogens (tertiary/aromatic N) is 2. The standard InChI is InChI=1S/C21H26ClN3O2.ClH/c1-16-13-19(7-8-20(16)22)27-15-21(26)25(14-17-5-2-3-11-24-17)18-6-4-10-23-12-9-18;/h2-3,5,7-8,11,13,18,23H,4,6,9-10,12,14-15H2,1H3;1H. The van der Waals surface area contributed by atoms with Gasteiger partial charge in [0.15, 0.2) is 6.61 Å². The van der Waals surface area contributed by atoms with Crippen LogP contribution in [0.3, 0.4) is 0 Å². The molecule has 1 aliphatic rings. The summed E-state index contributed by atoms with van der Waals surface area (Å²) in [6, 6.07) is 11.4. The second-order valence-electron chi connectivity index (χ2n) is 6.88. The molecule has 1 aromatic carbocycles. The molecule has 1 saturated heterocycles. The van der Waals surface area contributed by atoms with Gasteiger partial charge in [0.05, 0.1) is 12.2 Å². The Bertz CT molecular complexity index is 751. The molecule has 0 radical (unpaired) electrons. The summed E-state index contributed by atoms with van der Waals surface area (Å²) in [7, 11) is 0. The fourth-order valence-electron chi connectivity index (χ4n) is 3.33. The van der Waals surface area contributed by atoms with Crippen molar-refractivity contribution in [1.29, 1.82) is 0 Å². The SMILES string of the molecule is Cc1cc(OCC(=O)N(Cc2ccccn2)C2CCCNCC2)ccc1Cl.Cl. The van der Waals surface area contributed by atoms with Gasteiger partial charge in [-0.25, -0.2) is 0 Å². The molecule has 2 heterocycles. The van der Waals surface area contributed by atoms with E-state index in [4.69, 9.17) is 16.3 Å². The zero-order valence-corrected chi connectivity index (χ0v) is 17.6. The zero-order valence-electron chi connectivity index (χ0n) is 16.1. The van der Waals surface area contributed by atoms with Crippen molar-refractivity contribution in [3.63, 3.8) is 0 Å². The van der Waals surface area contributed by atoms with E-state index < -0.39 is 0 Å². The number of amides is 1. The minimum atomic E-state index is -0.0137. The molecular formula is C21H27Cl2N3O2. The van der Waals surface area contributed by atoms with Gasteiger partial charge >= 0.3 is 0 Å². The first-order valence-corrected chi connectivity index (χ1v) is 9.80. The number of halogens is 2. The van der Waals surface area contributed by atoms with Crippen LogP contribution in [0.1, 0.15) is 30.5 Å². The summed E-state index contributed by atoms with van der Waals surface area (Å²) in [4.78, 5) is 19.3. The molecular weight excluding hydrogens is 397 g/mol. The normalized spacial score (nSPS) is 16.6. The third-order valence-corrected chi connectivity index (χ3v) is 5.28. The molecule has 1 amide bonds. The van der Waals surface area contributed by atoms with Crippen molar-refractivity contribution in [2.75, 3.05) is 19.7 Å². The Hall–Kier alpha value is -1.82. The maximum absolute atomic E-state index is 13.0. The monoisotopic (exact) mass is 423 g/mol. The van der Waals surface area contributed by atoms with Crippen LogP contribution in [0, 0.1) is 6.92 Å². The smallest absolute Gasteiger partial charge is 0.261 e. The van der Waals surface area contributed by atoms with E-state index in [1.165, 1.54) is 0 Å². The number of hydrogen-bond acceptors (Lipinski definition) is 4. The maximum atomic E-state index is 13.0. The Labute approximate surface area is 177 Å². The van der Waals surface area contributed by atoms with E-state index in [0.717, 1.165) is 43.6 Å². The highest BCUT2D eigenvalue weighted by molar-refractivity contribution is 6.31. The minimum Gasteiger partial charge on any atom is -0.484 e. The van der Waals surface area contributed by atoms with Crippen LogP contribution in [0.25, 0.3) is 0 Å². The third kappa shape index (κ3) is 6.36. The van der Waals surface area contributed by atoms with Crippen LogP contribution in [0.15, 0.2) is 42.6 Å². The molecule has 0 spiro atoms. The molecule has 1 aliphatic heterocycles. The topological polar surface area (TPSA) is 54.5 Å². The van der Waals surface area contributed by atoms with Gasteiger partial charge in [0.25, 0.3) is 5.91 Å². The average Bonchev–Trinajstić information content (AvgIpc) is 2.97. The van der Waals surface area contributed by atoms with Crippen LogP contribution in [-0.2, 0) is 11.3 Å². The molecule has 1 unspecified atom stereocenters. The van der Waals surface area contributed by atoms with Crippen LogP contribution in [0.2, 0.25) is 5.02 Å². The van der Waals surface area contributed by atoms with Crippen LogP contribution in [0.4, 0.5) is 0 Å². The van der Waals surface area contributed by atoms with Crippen molar-refractivity contribution in [2.24, 2.45) is 0 Å². The highest BCUT2D eigenvalue weighted by atomic mass is 35.5. The molecule has 152 valence electrons. The first kappa shape index (κ1) is 22.5. The summed E-state index contributed by atoms with van der Waals surface area (Å²) in [5.41, 5.74) is 1.83. The van der Waals surface area contributed by atoms with Crippen LogP contribution in [-0.4, -0.2) is 41.5 Å². The summed E-state index contributed by atoms with van der Waals surface area (Å²) in [5, 5.41) is 4.10. The Morgan fingerprint density at radius 3 is 2.89 bits per heavy atom. The molecule has 7 heteroatoms.